The summed E-state index contributed by atoms with van der Waals surface area (Å²) in [5.74, 6) is -1.05. The number of thiazole rings is 1. The second-order valence-electron chi connectivity index (χ2n) is 4.27. The standard InChI is InChI=1S/C11H16N2O3S/c1-7(2)4-8(11(15)16)13(3)10(14)9-5-12-6-17-9/h5-8H,4H2,1-3H3,(H,15,16). The summed E-state index contributed by atoms with van der Waals surface area (Å²) < 4.78 is 0. The number of amides is 1. The van der Waals surface area contributed by atoms with Gasteiger partial charge in [0.25, 0.3) is 5.91 Å². The van der Waals surface area contributed by atoms with Crippen molar-refractivity contribution >= 4 is 23.2 Å². The van der Waals surface area contributed by atoms with Gasteiger partial charge in [-0.2, -0.15) is 0 Å². The number of carboxylic acid groups (broad SMARTS) is 1. The van der Waals surface area contributed by atoms with Crippen LogP contribution in [0.4, 0.5) is 0 Å². The fourth-order valence-corrected chi connectivity index (χ4v) is 2.11. The highest BCUT2D eigenvalue weighted by Gasteiger charge is 2.28. The van der Waals surface area contributed by atoms with Gasteiger partial charge in [-0.05, 0) is 12.3 Å². The molecule has 1 N–H and O–H groups in total. The van der Waals surface area contributed by atoms with Crippen molar-refractivity contribution in [2.45, 2.75) is 26.3 Å². The molecule has 0 saturated heterocycles. The van der Waals surface area contributed by atoms with Crippen molar-refractivity contribution in [2.24, 2.45) is 5.92 Å². The van der Waals surface area contributed by atoms with E-state index in [0.717, 1.165) is 0 Å². The summed E-state index contributed by atoms with van der Waals surface area (Å²) in [4.78, 5) is 28.7. The lowest BCUT2D eigenvalue weighted by atomic mass is 10.0. The van der Waals surface area contributed by atoms with E-state index in [2.05, 4.69) is 4.98 Å². The van der Waals surface area contributed by atoms with Crippen LogP contribution in [0.25, 0.3) is 0 Å². The minimum atomic E-state index is -0.973. The number of rotatable bonds is 5. The van der Waals surface area contributed by atoms with Crippen LogP contribution in [0, 0.1) is 5.92 Å². The van der Waals surface area contributed by atoms with Crippen molar-refractivity contribution in [1.82, 2.24) is 9.88 Å². The van der Waals surface area contributed by atoms with Crippen LogP contribution in [0.2, 0.25) is 0 Å². The maximum Gasteiger partial charge on any atom is 0.326 e. The summed E-state index contributed by atoms with van der Waals surface area (Å²) in [5.41, 5.74) is 1.55. The van der Waals surface area contributed by atoms with Crippen LogP contribution < -0.4 is 0 Å². The molecule has 6 heteroatoms. The number of hydrogen-bond acceptors (Lipinski definition) is 4. The Bertz CT molecular complexity index is 389. The molecule has 0 bridgehead atoms. The summed E-state index contributed by atoms with van der Waals surface area (Å²) in [6.45, 7) is 3.86. The summed E-state index contributed by atoms with van der Waals surface area (Å²) in [5, 5.41) is 9.13. The zero-order valence-corrected chi connectivity index (χ0v) is 10.9. The monoisotopic (exact) mass is 256 g/mol. The highest BCUT2D eigenvalue weighted by molar-refractivity contribution is 7.11. The van der Waals surface area contributed by atoms with Crippen LogP contribution in [0.5, 0.6) is 0 Å². The van der Waals surface area contributed by atoms with E-state index in [-0.39, 0.29) is 11.8 Å². The number of carbonyl (C=O) groups is 2. The van der Waals surface area contributed by atoms with Crippen molar-refractivity contribution in [3.8, 4) is 0 Å². The van der Waals surface area contributed by atoms with Gasteiger partial charge in [0.2, 0.25) is 0 Å². The molecule has 1 atom stereocenters. The number of hydrogen-bond donors (Lipinski definition) is 1. The second kappa shape index (κ2) is 5.77. The Morgan fingerprint density at radius 1 is 1.53 bits per heavy atom. The normalized spacial score (nSPS) is 12.5. The second-order valence-corrected chi connectivity index (χ2v) is 5.15. The van der Waals surface area contributed by atoms with E-state index in [1.165, 1.54) is 29.5 Å². The van der Waals surface area contributed by atoms with Gasteiger partial charge in [-0.3, -0.25) is 9.78 Å². The Morgan fingerprint density at radius 2 is 2.18 bits per heavy atom. The molecule has 1 heterocycles. The van der Waals surface area contributed by atoms with E-state index >= 15 is 0 Å². The van der Waals surface area contributed by atoms with Crippen LogP contribution in [0.1, 0.15) is 29.9 Å². The third kappa shape index (κ3) is 3.52. The lowest BCUT2D eigenvalue weighted by Gasteiger charge is -2.25. The molecule has 0 aliphatic heterocycles. The minimum absolute atomic E-state index is 0.216. The Morgan fingerprint density at radius 3 is 2.59 bits per heavy atom. The van der Waals surface area contributed by atoms with Crippen molar-refractivity contribution < 1.29 is 14.7 Å². The van der Waals surface area contributed by atoms with Gasteiger partial charge >= 0.3 is 5.97 Å². The van der Waals surface area contributed by atoms with Crippen molar-refractivity contribution in [3.63, 3.8) is 0 Å². The summed E-state index contributed by atoms with van der Waals surface area (Å²) in [6, 6.07) is -0.787. The maximum atomic E-state index is 12.0. The van der Waals surface area contributed by atoms with E-state index in [1.807, 2.05) is 13.8 Å². The maximum absolute atomic E-state index is 12.0. The van der Waals surface area contributed by atoms with Crippen molar-refractivity contribution in [3.05, 3.63) is 16.6 Å². The Labute approximate surface area is 104 Å². The zero-order chi connectivity index (χ0) is 13.0. The summed E-state index contributed by atoms with van der Waals surface area (Å²) in [6.07, 6.45) is 1.90. The first-order chi connectivity index (χ1) is 7.93. The molecule has 0 aliphatic rings. The van der Waals surface area contributed by atoms with Crippen LogP contribution in [-0.4, -0.2) is 40.0 Å². The molecule has 0 aliphatic carbocycles. The van der Waals surface area contributed by atoms with Gasteiger partial charge in [0.15, 0.2) is 0 Å². The summed E-state index contributed by atoms with van der Waals surface area (Å²) >= 11 is 1.21. The molecule has 0 radical (unpaired) electrons. The Hall–Kier alpha value is -1.43. The van der Waals surface area contributed by atoms with E-state index in [9.17, 15) is 9.59 Å². The first-order valence-electron chi connectivity index (χ1n) is 5.32. The molecule has 0 aromatic carbocycles. The van der Waals surface area contributed by atoms with Crippen LogP contribution in [0.3, 0.4) is 0 Å². The molecule has 17 heavy (non-hydrogen) atoms. The molecule has 0 spiro atoms. The predicted octanol–water partition coefficient (Wildman–Crippen LogP) is 1.71. The van der Waals surface area contributed by atoms with E-state index < -0.39 is 12.0 Å². The van der Waals surface area contributed by atoms with Gasteiger partial charge in [0.1, 0.15) is 10.9 Å². The van der Waals surface area contributed by atoms with E-state index in [4.69, 9.17) is 5.11 Å². The molecule has 1 rings (SSSR count). The molecule has 0 fully saturated rings. The van der Waals surface area contributed by atoms with Crippen molar-refractivity contribution in [1.29, 1.82) is 0 Å². The first-order valence-corrected chi connectivity index (χ1v) is 6.20. The summed E-state index contributed by atoms with van der Waals surface area (Å²) in [7, 11) is 1.52. The van der Waals surface area contributed by atoms with Crippen LogP contribution in [-0.2, 0) is 4.79 Å². The molecule has 1 unspecified atom stereocenters. The van der Waals surface area contributed by atoms with Gasteiger partial charge in [-0.1, -0.05) is 13.8 Å². The van der Waals surface area contributed by atoms with E-state index in [0.29, 0.717) is 11.3 Å². The lowest BCUT2D eigenvalue weighted by Crippen LogP contribution is -2.43. The Balaban J connectivity index is 2.81. The smallest absolute Gasteiger partial charge is 0.326 e. The Kier molecular flexibility index (Phi) is 4.62. The van der Waals surface area contributed by atoms with Gasteiger partial charge in [0.05, 0.1) is 11.7 Å². The molecule has 5 nitrogen and oxygen atoms in total. The highest BCUT2D eigenvalue weighted by Crippen LogP contribution is 2.15. The lowest BCUT2D eigenvalue weighted by molar-refractivity contribution is -0.142. The number of aliphatic carboxylic acids is 1. The number of carboxylic acids is 1. The quantitative estimate of drug-likeness (QED) is 0.870. The van der Waals surface area contributed by atoms with Gasteiger partial charge in [-0.25, -0.2) is 4.79 Å². The third-order valence-corrected chi connectivity index (χ3v) is 3.17. The molecular weight excluding hydrogens is 240 g/mol. The first kappa shape index (κ1) is 13.6. The SMILES string of the molecule is CC(C)CC(C(=O)O)N(C)C(=O)c1cncs1. The fraction of sp³-hybridized carbons (Fsp3) is 0.545. The fourth-order valence-electron chi connectivity index (χ4n) is 1.51. The number of likely N-dealkylation sites (N-methyl/N-ethyl adjacent to an activating group) is 1. The highest BCUT2D eigenvalue weighted by atomic mass is 32.1. The van der Waals surface area contributed by atoms with Crippen molar-refractivity contribution in [2.75, 3.05) is 7.05 Å². The average molecular weight is 256 g/mol. The molecule has 94 valence electrons. The van der Waals surface area contributed by atoms with Crippen LogP contribution in [0.15, 0.2) is 11.7 Å². The van der Waals surface area contributed by atoms with E-state index in [1.54, 1.807) is 5.51 Å². The molecule has 0 saturated carbocycles. The van der Waals surface area contributed by atoms with Crippen LogP contribution >= 0.6 is 11.3 Å². The average Bonchev–Trinajstić information content (AvgIpc) is 2.76. The predicted molar refractivity (Wildman–Crippen MR) is 65.1 cm³/mol. The zero-order valence-electron chi connectivity index (χ0n) is 10.1. The topological polar surface area (TPSA) is 70.5 Å². The third-order valence-electron chi connectivity index (χ3n) is 2.41. The molecule has 1 amide bonds. The molecule has 1 aromatic rings. The molecular formula is C11H16N2O3S. The van der Waals surface area contributed by atoms with Gasteiger partial charge in [0, 0.05) is 7.05 Å². The van der Waals surface area contributed by atoms with Gasteiger partial charge < -0.3 is 10.0 Å². The number of aromatic nitrogens is 1. The minimum Gasteiger partial charge on any atom is -0.480 e. The number of nitrogens with zero attached hydrogens (tertiary/aromatic N) is 2. The number of carbonyl (C=O) groups excluding carboxylic acids is 1. The largest absolute Gasteiger partial charge is 0.480 e. The molecule has 1 aromatic heterocycles. The van der Waals surface area contributed by atoms with Gasteiger partial charge in [-0.15, -0.1) is 11.3 Å².